The predicted molar refractivity (Wildman–Crippen MR) is 105 cm³/mol. The van der Waals surface area contributed by atoms with Gasteiger partial charge in [-0.15, -0.1) is 0 Å². The molecule has 0 spiro atoms. The van der Waals surface area contributed by atoms with Gasteiger partial charge in [0.2, 0.25) is 0 Å². The third kappa shape index (κ3) is 4.74. The van der Waals surface area contributed by atoms with Crippen molar-refractivity contribution in [1.29, 1.82) is 0 Å². The molecule has 1 amide bonds. The molecule has 0 unspecified atom stereocenters. The summed E-state index contributed by atoms with van der Waals surface area (Å²) < 4.78 is 29.1. The first-order valence-corrected chi connectivity index (χ1v) is 10.2. The van der Waals surface area contributed by atoms with Gasteiger partial charge in [0.1, 0.15) is 11.5 Å². The van der Waals surface area contributed by atoms with Gasteiger partial charge in [-0.3, -0.25) is 4.79 Å². The topological polar surface area (TPSA) is 72.5 Å². The maximum absolute atomic E-state index is 12.5. The fourth-order valence-corrected chi connectivity index (χ4v) is 3.11. The van der Waals surface area contributed by atoms with Crippen LogP contribution in [-0.4, -0.2) is 20.6 Å². The lowest BCUT2D eigenvalue weighted by Gasteiger charge is -2.11. The van der Waals surface area contributed by atoms with Crippen molar-refractivity contribution >= 4 is 21.4 Å². The second-order valence-corrected chi connectivity index (χ2v) is 8.16. The minimum absolute atomic E-state index is 0.162. The lowest BCUT2D eigenvalue weighted by atomic mass is 10.1. The van der Waals surface area contributed by atoms with Crippen molar-refractivity contribution in [3.05, 3.63) is 83.9 Å². The summed E-state index contributed by atoms with van der Waals surface area (Å²) in [6.45, 7) is 1.80. The van der Waals surface area contributed by atoms with E-state index in [0.29, 0.717) is 22.7 Å². The third-order valence-corrected chi connectivity index (χ3v) is 5.09. The number of ether oxygens (including phenoxy) is 1. The van der Waals surface area contributed by atoms with Gasteiger partial charge in [0.15, 0.2) is 9.84 Å². The van der Waals surface area contributed by atoms with E-state index in [0.717, 1.165) is 11.8 Å². The first kappa shape index (κ1) is 18.7. The Morgan fingerprint density at radius 3 is 2.15 bits per heavy atom. The zero-order valence-electron chi connectivity index (χ0n) is 15.0. The Balaban J connectivity index is 1.75. The minimum Gasteiger partial charge on any atom is -0.457 e. The summed E-state index contributed by atoms with van der Waals surface area (Å²) in [5, 5.41) is 2.76. The summed E-state index contributed by atoms with van der Waals surface area (Å²) >= 11 is 0. The van der Waals surface area contributed by atoms with Gasteiger partial charge in [0.05, 0.1) is 4.90 Å². The van der Waals surface area contributed by atoms with Gasteiger partial charge in [-0.1, -0.05) is 24.3 Å². The van der Waals surface area contributed by atoms with E-state index in [2.05, 4.69) is 5.32 Å². The van der Waals surface area contributed by atoms with E-state index >= 15 is 0 Å². The summed E-state index contributed by atoms with van der Waals surface area (Å²) in [5.74, 6) is 1.01. The fourth-order valence-electron chi connectivity index (χ4n) is 2.46. The third-order valence-electron chi connectivity index (χ3n) is 3.98. The number of aryl methyl sites for hydroxylation is 1. The Kier molecular flexibility index (Phi) is 5.28. The van der Waals surface area contributed by atoms with Crippen molar-refractivity contribution in [2.75, 3.05) is 11.6 Å². The van der Waals surface area contributed by atoms with E-state index in [9.17, 15) is 13.2 Å². The van der Waals surface area contributed by atoms with Crippen LogP contribution >= 0.6 is 0 Å². The molecule has 0 aromatic heterocycles. The summed E-state index contributed by atoms with van der Waals surface area (Å²) in [5.41, 5.74) is 1.69. The molecule has 0 aliphatic carbocycles. The first-order chi connectivity index (χ1) is 12.8. The van der Waals surface area contributed by atoms with E-state index in [1.165, 1.54) is 12.1 Å². The Hall–Kier alpha value is -3.12. The SMILES string of the molecule is Cc1ccc(S(C)(=O)=O)cc1NC(=O)c1ccc(Oc2ccccc2)cc1. The van der Waals surface area contributed by atoms with E-state index in [-0.39, 0.29) is 10.8 Å². The van der Waals surface area contributed by atoms with Crippen LogP contribution in [0.1, 0.15) is 15.9 Å². The van der Waals surface area contributed by atoms with Gasteiger partial charge >= 0.3 is 0 Å². The van der Waals surface area contributed by atoms with Crippen LogP contribution in [0.2, 0.25) is 0 Å². The molecule has 0 aliphatic heterocycles. The Morgan fingerprint density at radius 2 is 1.52 bits per heavy atom. The van der Waals surface area contributed by atoms with Crippen molar-refractivity contribution in [3.8, 4) is 11.5 Å². The van der Waals surface area contributed by atoms with Crippen LogP contribution in [0.15, 0.2) is 77.7 Å². The largest absolute Gasteiger partial charge is 0.457 e. The molecule has 1 N–H and O–H groups in total. The fraction of sp³-hybridized carbons (Fsp3) is 0.0952. The molecule has 0 saturated carbocycles. The molecule has 6 heteroatoms. The maximum atomic E-state index is 12.5. The molecule has 3 aromatic carbocycles. The molecule has 0 atom stereocenters. The molecule has 5 nitrogen and oxygen atoms in total. The standard InChI is InChI=1S/C21H19NO4S/c1-15-8-13-19(27(2,24)25)14-20(15)22-21(23)16-9-11-18(12-10-16)26-17-6-4-3-5-7-17/h3-14H,1-2H3,(H,22,23). The van der Waals surface area contributed by atoms with Crippen LogP contribution in [0, 0.1) is 6.92 Å². The molecule has 0 aliphatic rings. The second kappa shape index (κ2) is 7.63. The minimum atomic E-state index is -3.35. The highest BCUT2D eigenvalue weighted by atomic mass is 32.2. The average Bonchev–Trinajstić information content (AvgIpc) is 2.64. The van der Waals surface area contributed by atoms with Gasteiger partial charge in [0.25, 0.3) is 5.91 Å². The molecule has 0 bridgehead atoms. The number of para-hydroxylation sites is 1. The van der Waals surface area contributed by atoms with Crippen LogP contribution in [-0.2, 0) is 9.84 Å². The summed E-state index contributed by atoms with van der Waals surface area (Å²) in [6.07, 6.45) is 1.13. The quantitative estimate of drug-likeness (QED) is 0.709. The smallest absolute Gasteiger partial charge is 0.255 e. The van der Waals surface area contributed by atoms with Crippen molar-refractivity contribution in [3.63, 3.8) is 0 Å². The molecule has 0 heterocycles. The van der Waals surface area contributed by atoms with Gasteiger partial charge < -0.3 is 10.1 Å². The zero-order chi connectivity index (χ0) is 19.4. The molecule has 0 saturated heterocycles. The highest BCUT2D eigenvalue weighted by Crippen LogP contribution is 2.23. The van der Waals surface area contributed by atoms with Crippen molar-refractivity contribution in [2.24, 2.45) is 0 Å². The number of carbonyl (C=O) groups excluding carboxylic acids is 1. The Morgan fingerprint density at radius 1 is 0.889 bits per heavy atom. The van der Waals surface area contributed by atoms with E-state index in [1.54, 1.807) is 37.3 Å². The van der Waals surface area contributed by atoms with Crippen LogP contribution in [0.3, 0.4) is 0 Å². The van der Waals surface area contributed by atoms with Gasteiger partial charge in [-0.05, 0) is 61.0 Å². The predicted octanol–water partition coefficient (Wildman–Crippen LogP) is 4.44. The number of nitrogens with one attached hydrogen (secondary N) is 1. The van der Waals surface area contributed by atoms with Crippen molar-refractivity contribution in [1.82, 2.24) is 0 Å². The summed E-state index contributed by atoms with van der Waals surface area (Å²) in [4.78, 5) is 12.7. The molecule has 3 rings (SSSR count). The van der Waals surface area contributed by atoms with E-state index in [4.69, 9.17) is 4.74 Å². The zero-order valence-corrected chi connectivity index (χ0v) is 15.8. The van der Waals surface area contributed by atoms with E-state index in [1.807, 2.05) is 30.3 Å². The summed E-state index contributed by atoms with van der Waals surface area (Å²) in [6, 6.07) is 20.7. The number of benzene rings is 3. The number of anilines is 1. The Labute approximate surface area is 158 Å². The number of hydrogen-bond acceptors (Lipinski definition) is 4. The molecule has 0 fully saturated rings. The molecule has 0 radical (unpaired) electrons. The highest BCUT2D eigenvalue weighted by molar-refractivity contribution is 7.90. The molecular formula is C21H19NO4S. The van der Waals surface area contributed by atoms with Crippen LogP contribution in [0.5, 0.6) is 11.5 Å². The van der Waals surface area contributed by atoms with Crippen molar-refractivity contribution < 1.29 is 17.9 Å². The Bertz CT molecular complexity index is 1060. The molecule has 138 valence electrons. The second-order valence-electron chi connectivity index (χ2n) is 6.14. The average molecular weight is 381 g/mol. The van der Waals surface area contributed by atoms with Crippen LogP contribution < -0.4 is 10.1 Å². The monoisotopic (exact) mass is 381 g/mol. The van der Waals surface area contributed by atoms with Crippen LogP contribution in [0.4, 0.5) is 5.69 Å². The number of rotatable bonds is 5. The lowest BCUT2D eigenvalue weighted by Crippen LogP contribution is -2.13. The number of carbonyl (C=O) groups is 1. The maximum Gasteiger partial charge on any atom is 0.255 e. The van der Waals surface area contributed by atoms with E-state index < -0.39 is 9.84 Å². The normalized spacial score (nSPS) is 11.0. The summed E-state index contributed by atoms with van der Waals surface area (Å²) in [7, 11) is -3.35. The number of sulfone groups is 1. The first-order valence-electron chi connectivity index (χ1n) is 8.28. The highest BCUT2D eigenvalue weighted by Gasteiger charge is 2.12. The van der Waals surface area contributed by atoms with Gasteiger partial charge in [-0.2, -0.15) is 0 Å². The molecule has 27 heavy (non-hydrogen) atoms. The van der Waals surface area contributed by atoms with Crippen LogP contribution in [0.25, 0.3) is 0 Å². The number of hydrogen-bond donors (Lipinski definition) is 1. The number of amides is 1. The molecule has 3 aromatic rings. The van der Waals surface area contributed by atoms with Gasteiger partial charge in [-0.25, -0.2) is 8.42 Å². The van der Waals surface area contributed by atoms with Crippen molar-refractivity contribution in [2.45, 2.75) is 11.8 Å². The van der Waals surface area contributed by atoms with Gasteiger partial charge in [0, 0.05) is 17.5 Å². The molecular weight excluding hydrogens is 362 g/mol. The lowest BCUT2D eigenvalue weighted by molar-refractivity contribution is 0.102.